The summed E-state index contributed by atoms with van der Waals surface area (Å²) in [5.41, 5.74) is 3.09. The molecule has 3 N–H and O–H groups in total. The maximum Gasteiger partial charge on any atom is 0.265 e. The van der Waals surface area contributed by atoms with E-state index in [-0.39, 0.29) is 13.1 Å². The molecule has 17 heavy (non-hydrogen) atoms. The van der Waals surface area contributed by atoms with Gasteiger partial charge in [0, 0.05) is 12.1 Å². The number of nitrogen functional groups attached to an aromatic ring is 1. The lowest BCUT2D eigenvalue weighted by Gasteiger charge is -2.17. The van der Waals surface area contributed by atoms with E-state index in [0.717, 1.165) is 0 Å². The molecule has 94 valence electrons. The second-order valence-corrected chi connectivity index (χ2v) is 3.72. The van der Waals surface area contributed by atoms with E-state index in [4.69, 9.17) is 5.84 Å². The Kier molecular flexibility index (Phi) is 4.99. The zero-order valence-electron chi connectivity index (χ0n) is 9.49. The first-order valence-electron chi connectivity index (χ1n) is 5.10. The van der Waals surface area contributed by atoms with E-state index < -0.39 is 12.3 Å². The van der Waals surface area contributed by atoms with Crippen LogP contribution in [0.1, 0.15) is 15.9 Å². The number of nitrogens with two attached hydrogens (primary N) is 1. The van der Waals surface area contributed by atoms with Crippen molar-refractivity contribution in [1.82, 2.24) is 10.3 Å². The zero-order valence-corrected chi connectivity index (χ0v) is 9.49. The van der Waals surface area contributed by atoms with Crippen molar-refractivity contribution in [1.29, 1.82) is 0 Å². The van der Waals surface area contributed by atoms with Crippen molar-refractivity contribution >= 4 is 5.91 Å². The number of benzene rings is 1. The van der Waals surface area contributed by atoms with Gasteiger partial charge in [-0.15, -0.1) is 0 Å². The molecule has 0 saturated carbocycles. The van der Waals surface area contributed by atoms with Crippen LogP contribution < -0.4 is 11.3 Å². The smallest absolute Gasteiger partial charge is 0.265 e. The highest BCUT2D eigenvalue weighted by molar-refractivity contribution is 5.95. The van der Waals surface area contributed by atoms with Gasteiger partial charge in [-0.2, -0.15) is 0 Å². The highest BCUT2D eigenvalue weighted by atomic mass is 19.3. The molecule has 0 aliphatic rings. The maximum absolute atomic E-state index is 12.2. The molecule has 1 aromatic carbocycles. The molecule has 0 unspecified atom stereocenters. The number of hydrazine groups is 1. The standard InChI is InChI=1S/C11H15F2N3O/c1-16(7-10(12)13)6-8-4-2-3-5-9(8)11(17)15-14/h2-5,10H,6-7,14H2,1H3,(H,15,17). The lowest BCUT2D eigenvalue weighted by atomic mass is 10.1. The van der Waals surface area contributed by atoms with E-state index in [2.05, 4.69) is 0 Å². The summed E-state index contributed by atoms with van der Waals surface area (Å²) in [6.45, 7) is -0.0630. The predicted molar refractivity (Wildman–Crippen MR) is 60.4 cm³/mol. The predicted octanol–water partition coefficient (Wildman–Crippen LogP) is 0.987. The fourth-order valence-electron chi connectivity index (χ4n) is 1.55. The molecule has 0 radical (unpaired) electrons. The van der Waals surface area contributed by atoms with Gasteiger partial charge in [0.25, 0.3) is 12.3 Å². The molecule has 0 heterocycles. The molecule has 0 saturated heterocycles. The largest absolute Gasteiger partial charge is 0.296 e. The van der Waals surface area contributed by atoms with Crippen LogP contribution in [0.3, 0.4) is 0 Å². The molecule has 0 aromatic heterocycles. The molecule has 0 bridgehead atoms. The van der Waals surface area contributed by atoms with Gasteiger partial charge in [-0.05, 0) is 18.7 Å². The van der Waals surface area contributed by atoms with E-state index in [1.807, 2.05) is 5.43 Å². The second-order valence-electron chi connectivity index (χ2n) is 3.72. The van der Waals surface area contributed by atoms with Crippen LogP contribution in [0.2, 0.25) is 0 Å². The summed E-state index contributed by atoms with van der Waals surface area (Å²) in [7, 11) is 1.57. The van der Waals surface area contributed by atoms with Gasteiger partial charge in [0.1, 0.15) is 0 Å². The topological polar surface area (TPSA) is 58.4 Å². The quantitative estimate of drug-likeness (QED) is 0.460. The Labute approximate surface area is 98.4 Å². The summed E-state index contributed by atoms with van der Waals surface area (Å²) < 4.78 is 24.3. The second kappa shape index (κ2) is 6.27. The summed E-state index contributed by atoms with van der Waals surface area (Å²) in [6.07, 6.45) is -2.39. The van der Waals surface area contributed by atoms with Crippen molar-refractivity contribution in [3.8, 4) is 0 Å². The molecule has 1 aromatic rings. The molecule has 1 rings (SSSR count). The highest BCUT2D eigenvalue weighted by Crippen LogP contribution is 2.11. The first-order chi connectivity index (χ1) is 8.04. The Morgan fingerprint density at radius 3 is 2.71 bits per heavy atom. The van der Waals surface area contributed by atoms with Crippen molar-refractivity contribution < 1.29 is 13.6 Å². The Morgan fingerprint density at radius 2 is 2.12 bits per heavy atom. The van der Waals surface area contributed by atoms with Crippen LogP contribution in [0.25, 0.3) is 0 Å². The first kappa shape index (κ1) is 13.5. The molecule has 1 amide bonds. The average Bonchev–Trinajstić information content (AvgIpc) is 2.27. The summed E-state index contributed by atoms with van der Waals surface area (Å²) in [5.74, 6) is 4.63. The van der Waals surface area contributed by atoms with Crippen LogP contribution in [-0.2, 0) is 6.54 Å². The fraction of sp³-hybridized carbons (Fsp3) is 0.364. The first-order valence-corrected chi connectivity index (χ1v) is 5.10. The van der Waals surface area contributed by atoms with Gasteiger partial charge in [0.05, 0.1) is 6.54 Å². The lowest BCUT2D eigenvalue weighted by Crippen LogP contribution is -2.32. The minimum Gasteiger partial charge on any atom is -0.296 e. The number of hydrogen-bond acceptors (Lipinski definition) is 3. The van der Waals surface area contributed by atoms with Crippen LogP contribution in [0.5, 0.6) is 0 Å². The molecule has 4 nitrogen and oxygen atoms in total. The zero-order chi connectivity index (χ0) is 12.8. The summed E-state index contributed by atoms with van der Waals surface area (Å²) in [4.78, 5) is 12.9. The molecule has 0 aliphatic carbocycles. The third-order valence-corrected chi connectivity index (χ3v) is 2.28. The third-order valence-electron chi connectivity index (χ3n) is 2.28. The number of rotatable bonds is 5. The van der Waals surface area contributed by atoms with Crippen molar-refractivity contribution in [2.45, 2.75) is 13.0 Å². The van der Waals surface area contributed by atoms with Gasteiger partial charge in [-0.1, -0.05) is 18.2 Å². The van der Waals surface area contributed by atoms with E-state index in [9.17, 15) is 13.6 Å². The van der Waals surface area contributed by atoms with Gasteiger partial charge in [-0.3, -0.25) is 15.1 Å². The molecule has 0 spiro atoms. The summed E-state index contributed by atoms with van der Waals surface area (Å²) >= 11 is 0. The van der Waals surface area contributed by atoms with Crippen LogP contribution in [0.4, 0.5) is 8.78 Å². The maximum atomic E-state index is 12.2. The van der Waals surface area contributed by atoms with E-state index in [1.165, 1.54) is 4.90 Å². The van der Waals surface area contributed by atoms with Gasteiger partial charge in [0.15, 0.2) is 0 Å². The van der Waals surface area contributed by atoms with Crippen LogP contribution in [-0.4, -0.2) is 30.8 Å². The Balaban J connectivity index is 2.80. The monoisotopic (exact) mass is 243 g/mol. The number of amides is 1. The Bertz CT molecular complexity index is 385. The van der Waals surface area contributed by atoms with Gasteiger partial charge < -0.3 is 0 Å². The third kappa shape index (κ3) is 4.08. The van der Waals surface area contributed by atoms with E-state index >= 15 is 0 Å². The lowest BCUT2D eigenvalue weighted by molar-refractivity contribution is 0.0940. The van der Waals surface area contributed by atoms with Gasteiger partial charge in [-0.25, -0.2) is 14.6 Å². The minimum atomic E-state index is -2.39. The number of alkyl halides is 2. The number of carbonyl (C=O) groups is 1. The van der Waals surface area contributed by atoms with Crippen LogP contribution in [0, 0.1) is 0 Å². The molecular formula is C11H15F2N3O. The van der Waals surface area contributed by atoms with Crippen molar-refractivity contribution in [2.24, 2.45) is 5.84 Å². The molecule has 0 aliphatic heterocycles. The number of halogens is 2. The molecular weight excluding hydrogens is 228 g/mol. The van der Waals surface area contributed by atoms with Gasteiger partial charge in [0.2, 0.25) is 0 Å². The van der Waals surface area contributed by atoms with Crippen LogP contribution in [0.15, 0.2) is 24.3 Å². The van der Waals surface area contributed by atoms with E-state index in [1.54, 1.807) is 31.3 Å². The normalized spacial score (nSPS) is 10.9. The highest BCUT2D eigenvalue weighted by Gasteiger charge is 2.13. The van der Waals surface area contributed by atoms with Crippen LogP contribution >= 0.6 is 0 Å². The van der Waals surface area contributed by atoms with Gasteiger partial charge >= 0.3 is 0 Å². The Morgan fingerprint density at radius 1 is 1.47 bits per heavy atom. The average molecular weight is 243 g/mol. The molecule has 0 atom stereocenters. The molecule has 6 heteroatoms. The fourth-order valence-corrected chi connectivity index (χ4v) is 1.55. The van der Waals surface area contributed by atoms with E-state index in [0.29, 0.717) is 11.1 Å². The summed E-state index contributed by atoms with van der Waals surface area (Å²) in [5, 5.41) is 0. The number of hydrogen-bond donors (Lipinski definition) is 2. The Hall–Kier alpha value is -1.53. The SMILES string of the molecule is CN(Cc1ccccc1C(=O)NN)CC(F)F. The number of nitrogens with one attached hydrogen (secondary N) is 1. The molecule has 0 fully saturated rings. The number of nitrogens with zero attached hydrogens (tertiary/aromatic N) is 1. The number of carbonyl (C=O) groups excluding carboxylic acids is 1. The van der Waals surface area contributed by atoms with Crippen molar-refractivity contribution in [3.63, 3.8) is 0 Å². The van der Waals surface area contributed by atoms with Crippen molar-refractivity contribution in [2.75, 3.05) is 13.6 Å². The minimum absolute atomic E-state index is 0.272. The van der Waals surface area contributed by atoms with Crippen molar-refractivity contribution in [3.05, 3.63) is 35.4 Å². The summed E-state index contributed by atoms with van der Waals surface area (Å²) in [6, 6.07) is 6.76.